The number of hydrogen-bond donors (Lipinski definition) is 2. The number of nitrogens with zero attached hydrogens (tertiary/aromatic N) is 2. The van der Waals surface area contributed by atoms with Crippen molar-refractivity contribution in [1.82, 2.24) is 9.88 Å². The van der Waals surface area contributed by atoms with Gasteiger partial charge in [0, 0.05) is 19.8 Å². The number of hydrogen-bond acceptors (Lipinski definition) is 5. The van der Waals surface area contributed by atoms with Crippen molar-refractivity contribution >= 4 is 11.7 Å². The molecule has 0 aliphatic carbocycles. The van der Waals surface area contributed by atoms with E-state index in [1.54, 1.807) is 37.5 Å². The van der Waals surface area contributed by atoms with E-state index < -0.39 is 0 Å². The molecule has 122 valence electrons. The van der Waals surface area contributed by atoms with Gasteiger partial charge in [-0.05, 0) is 29.8 Å². The molecule has 0 saturated heterocycles. The summed E-state index contributed by atoms with van der Waals surface area (Å²) in [4.78, 5) is 17.8. The highest BCUT2D eigenvalue weighted by atomic mass is 16.5. The smallest absolute Gasteiger partial charge is 0.322 e. The Hall–Kier alpha value is -2.96. The van der Waals surface area contributed by atoms with Crippen LogP contribution in [0.3, 0.4) is 0 Å². The number of pyridine rings is 1. The van der Waals surface area contributed by atoms with Crippen molar-refractivity contribution in [2.75, 3.05) is 26.6 Å². The number of carbonyl (C=O) groups is 1. The zero-order valence-corrected chi connectivity index (χ0v) is 13.2. The molecule has 0 atom stereocenters. The van der Waals surface area contributed by atoms with Crippen LogP contribution in [0.5, 0.6) is 17.4 Å². The molecular formula is C16H19N3O4. The van der Waals surface area contributed by atoms with E-state index in [1.165, 1.54) is 25.2 Å². The van der Waals surface area contributed by atoms with Crippen molar-refractivity contribution in [3.63, 3.8) is 0 Å². The number of urea groups is 1. The predicted octanol–water partition coefficient (Wildman–Crippen LogP) is 2.47. The fourth-order valence-electron chi connectivity index (χ4n) is 2.03. The molecule has 7 heteroatoms. The Balaban J connectivity index is 2.05. The Morgan fingerprint density at radius 2 is 2.09 bits per heavy atom. The average Bonchev–Trinajstić information content (AvgIpc) is 2.56. The lowest BCUT2D eigenvalue weighted by Crippen LogP contribution is -2.31. The summed E-state index contributed by atoms with van der Waals surface area (Å²) < 4.78 is 10.2. The van der Waals surface area contributed by atoms with Gasteiger partial charge in [0.15, 0.2) is 11.5 Å². The first kappa shape index (κ1) is 16.4. The molecule has 0 aliphatic heterocycles. The number of benzene rings is 1. The number of methoxy groups -OCH3 is 2. The summed E-state index contributed by atoms with van der Waals surface area (Å²) in [5.74, 6) is 0.772. The third-order valence-electron chi connectivity index (χ3n) is 3.22. The molecule has 0 aliphatic rings. The quantitative estimate of drug-likeness (QED) is 0.885. The largest absolute Gasteiger partial charge is 0.504 e. The predicted molar refractivity (Wildman–Crippen MR) is 85.9 cm³/mol. The minimum absolute atomic E-state index is 0.0588. The molecule has 0 spiro atoms. The maximum absolute atomic E-state index is 12.3. The van der Waals surface area contributed by atoms with Gasteiger partial charge in [0.1, 0.15) is 5.69 Å². The Morgan fingerprint density at radius 3 is 2.78 bits per heavy atom. The van der Waals surface area contributed by atoms with Crippen LogP contribution in [-0.2, 0) is 6.54 Å². The van der Waals surface area contributed by atoms with E-state index in [0.717, 1.165) is 5.56 Å². The fourth-order valence-corrected chi connectivity index (χ4v) is 2.03. The van der Waals surface area contributed by atoms with Crippen LogP contribution in [0.15, 0.2) is 36.5 Å². The van der Waals surface area contributed by atoms with Gasteiger partial charge < -0.3 is 24.8 Å². The van der Waals surface area contributed by atoms with Gasteiger partial charge in [0.05, 0.1) is 14.2 Å². The highest BCUT2D eigenvalue weighted by Crippen LogP contribution is 2.27. The van der Waals surface area contributed by atoms with Crippen LogP contribution in [0.4, 0.5) is 10.5 Å². The summed E-state index contributed by atoms with van der Waals surface area (Å²) >= 11 is 0. The first-order valence-corrected chi connectivity index (χ1v) is 6.92. The van der Waals surface area contributed by atoms with Crippen molar-refractivity contribution in [3.8, 4) is 17.4 Å². The molecule has 1 aromatic carbocycles. The van der Waals surface area contributed by atoms with Gasteiger partial charge in [-0.2, -0.15) is 0 Å². The van der Waals surface area contributed by atoms with Crippen LogP contribution in [0.25, 0.3) is 0 Å². The van der Waals surface area contributed by atoms with Crippen molar-refractivity contribution < 1.29 is 19.4 Å². The summed E-state index contributed by atoms with van der Waals surface area (Å²) in [5.41, 5.74) is 1.32. The standard InChI is InChI=1S/C16H19N3O4/c1-19(10-11-6-7-13(20)14(9-11)22-2)16(21)18-12-5-4-8-17-15(12)23-3/h4-9,20H,10H2,1-3H3,(H,18,21). The second-order valence-corrected chi connectivity index (χ2v) is 4.85. The highest BCUT2D eigenvalue weighted by molar-refractivity contribution is 5.90. The van der Waals surface area contributed by atoms with Gasteiger partial charge in [-0.15, -0.1) is 0 Å². The zero-order valence-electron chi connectivity index (χ0n) is 13.2. The van der Waals surface area contributed by atoms with E-state index in [1.807, 2.05) is 0 Å². The van der Waals surface area contributed by atoms with Crippen molar-refractivity contribution in [1.29, 1.82) is 0 Å². The van der Waals surface area contributed by atoms with Gasteiger partial charge >= 0.3 is 6.03 Å². The second-order valence-electron chi connectivity index (χ2n) is 4.85. The summed E-state index contributed by atoms with van der Waals surface area (Å²) in [6.45, 7) is 0.352. The van der Waals surface area contributed by atoms with Crippen molar-refractivity contribution in [2.24, 2.45) is 0 Å². The van der Waals surface area contributed by atoms with E-state index in [9.17, 15) is 9.90 Å². The van der Waals surface area contributed by atoms with Crippen molar-refractivity contribution in [3.05, 3.63) is 42.1 Å². The second kappa shape index (κ2) is 7.35. The highest BCUT2D eigenvalue weighted by Gasteiger charge is 2.13. The number of rotatable bonds is 5. The maximum atomic E-state index is 12.3. The molecule has 7 nitrogen and oxygen atoms in total. The van der Waals surface area contributed by atoms with Crippen LogP contribution in [-0.4, -0.2) is 42.3 Å². The number of amides is 2. The maximum Gasteiger partial charge on any atom is 0.322 e. The molecule has 0 radical (unpaired) electrons. The summed E-state index contributed by atoms with van der Waals surface area (Å²) in [6.07, 6.45) is 1.58. The average molecular weight is 317 g/mol. The van der Waals surface area contributed by atoms with Crippen LogP contribution in [0.2, 0.25) is 0 Å². The minimum Gasteiger partial charge on any atom is -0.504 e. The van der Waals surface area contributed by atoms with Gasteiger partial charge in [-0.1, -0.05) is 6.07 Å². The topological polar surface area (TPSA) is 83.9 Å². The van der Waals surface area contributed by atoms with Gasteiger partial charge in [-0.3, -0.25) is 0 Å². The normalized spacial score (nSPS) is 10.0. The number of aromatic nitrogens is 1. The van der Waals surface area contributed by atoms with Crippen LogP contribution in [0.1, 0.15) is 5.56 Å². The summed E-state index contributed by atoms with van der Waals surface area (Å²) in [7, 11) is 4.63. The van der Waals surface area contributed by atoms with Crippen LogP contribution >= 0.6 is 0 Å². The number of nitrogens with one attached hydrogen (secondary N) is 1. The molecule has 0 fully saturated rings. The number of phenolic OH excluding ortho intramolecular Hbond substituents is 1. The lowest BCUT2D eigenvalue weighted by molar-refractivity contribution is 0.220. The fraction of sp³-hybridized carbons (Fsp3) is 0.250. The number of carbonyl (C=O) groups excluding carboxylic acids is 1. The lowest BCUT2D eigenvalue weighted by Gasteiger charge is -2.19. The van der Waals surface area contributed by atoms with Crippen molar-refractivity contribution in [2.45, 2.75) is 6.54 Å². The molecule has 0 unspecified atom stereocenters. The third-order valence-corrected chi connectivity index (χ3v) is 3.22. The number of ether oxygens (including phenoxy) is 2. The Kier molecular flexibility index (Phi) is 5.24. The molecule has 1 heterocycles. The van der Waals surface area contributed by atoms with Gasteiger partial charge in [-0.25, -0.2) is 9.78 Å². The van der Waals surface area contributed by atoms with Gasteiger partial charge in [0.2, 0.25) is 5.88 Å². The van der Waals surface area contributed by atoms with Crippen LogP contribution < -0.4 is 14.8 Å². The first-order chi connectivity index (χ1) is 11.0. The molecule has 23 heavy (non-hydrogen) atoms. The molecular weight excluding hydrogens is 298 g/mol. The third kappa shape index (κ3) is 4.03. The molecule has 2 amide bonds. The van der Waals surface area contributed by atoms with E-state index in [4.69, 9.17) is 9.47 Å². The first-order valence-electron chi connectivity index (χ1n) is 6.92. The molecule has 2 N–H and O–H groups in total. The summed E-state index contributed by atoms with van der Waals surface area (Å²) in [5, 5.41) is 12.3. The number of phenols is 1. The Bertz CT molecular complexity index is 691. The lowest BCUT2D eigenvalue weighted by atomic mass is 10.2. The van der Waals surface area contributed by atoms with Gasteiger partial charge in [0.25, 0.3) is 0 Å². The monoisotopic (exact) mass is 317 g/mol. The van der Waals surface area contributed by atoms with E-state index in [2.05, 4.69) is 10.3 Å². The minimum atomic E-state index is -0.302. The summed E-state index contributed by atoms with van der Waals surface area (Å²) in [6, 6.07) is 8.06. The molecule has 0 saturated carbocycles. The molecule has 2 aromatic rings. The molecule has 2 rings (SSSR count). The molecule has 0 bridgehead atoms. The number of anilines is 1. The number of aromatic hydroxyl groups is 1. The SMILES string of the molecule is COc1cc(CN(C)C(=O)Nc2cccnc2OC)ccc1O. The molecule has 1 aromatic heterocycles. The Morgan fingerprint density at radius 1 is 1.30 bits per heavy atom. The Labute approximate surface area is 134 Å². The van der Waals surface area contributed by atoms with Crippen LogP contribution in [0, 0.1) is 0 Å². The van der Waals surface area contributed by atoms with E-state index in [0.29, 0.717) is 23.9 Å². The zero-order chi connectivity index (χ0) is 16.8. The van der Waals surface area contributed by atoms with E-state index >= 15 is 0 Å². The van der Waals surface area contributed by atoms with E-state index in [-0.39, 0.29) is 11.8 Å².